The average Bonchev–Trinajstić information content (AvgIpc) is 2.34. The molecule has 0 atom stereocenters. The maximum atomic E-state index is 5.88. The molecule has 0 aliphatic carbocycles. The van der Waals surface area contributed by atoms with Gasteiger partial charge in [-0.15, -0.1) is 0 Å². The number of rotatable bonds is 3. The predicted molar refractivity (Wildman–Crippen MR) is 69.5 cm³/mol. The van der Waals surface area contributed by atoms with Crippen LogP contribution < -0.4 is 15.2 Å². The first kappa shape index (κ1) is 12.7. The van der Waals surface area contributed by atoms with Crippen molar-refractivity contribution >= 4 is 29.0 Å². The molecule has 0 spiro atoms. The second-order valence-corrected chi connectivity index (χ2v) is 4.09. The number of anilines is 1. The third kappa shape index (κ3) is 2.57. The van der Waals surface area contributed by atoms with Crippen molar-refractivity contribution in [2.45, 2.75) is 0 Å². The Hall–Kier alpha value is -1.72. The molecule has 7 heteroatoms. The number of benzene rings is 1. The van der Waals surface area contributed by atoms with Crippen LogP contribution in [0.1, 0.15) is 0 Å². The summed E-state index contributed by atoms with van der Waals surface area (Å²) in [7, 11) is 1.46. The number of halogens is 2. The molecule has 2 aromatic rings. The SMILES string of the molecule is COc1c(N)ncnc1Oc1ccc(Cl)c(Cl)c1. The standard InChI is InChI=1S/C11H9Cl2N3O2/c1-17-9-10(14)15-5-16-11(9)18-6-2-3-7(12)8(13)4-6/h2-5H,1H3,(H2,14,15,16). The van der Waals surface area contributed by atoms with E-state index in [4.69, 9.17) is 38.4 Å². The van der Waals surface area contributed by atoms with Crippen molar-refractivity contribution in [1.29, 1.82) is 0 Å². The third-order valence-electron chi connectivity index (χ3n) is 2.11. The molecule has 1 heterocycles. The first-order chi connectivity index (χ1) is 8.61. The Morgan fingerprint density at radius 1 is 1.17 bits per heavy atom. The highest BCUT2D eigenvalue weighted by atomic mass is 35.5. The van der Waals surface area contributed by atoms with Gasteiger partial charge in [0.2, 0.25) is 5.75 Å². The van der Waals surface area contributed by atoms with Crippen LogP contribution in [-0.4, -0.2) is 17.1 Å². The van der Waals surface area contributed by atoms with Crippen molar-refractivity contribution in [3.63, 3.8) is 0 Å². The van der Waals surface area contributed by atoms with E-state index < -0.39 is 0 Å². The van der Waals surface area contributed by atoms with Crippen molar-refractivity contribution in [3.05, 3.63) is 34.6 Å². The molecule has 2 rings (SSSR count). The van der Waals surface area contributed by atoms with E-state index in [1.807, 2.05) is 0 Å². The maximum absolute atomic E-state index is 5.88. The fourth-order valence-electron chi connectivity index (χ4n) is 1.29. The second-order valence-electron chi connectivity index (χ2n) is 3.28. The molecule has 94 valence electrons. The van der Waals surface area contributed by atoms with E-state index in [0.29, 0.717) is 15.8 Å². The minimum Gasteiger partial charge on any atom is -0.489 e. The first-order valence-corrected chi connectivity index (χ1v) is 5.64. The summed E-state index contributed by atoms with van der Waals surface area (Å²) < 4.78 is 10.6. The zero-order chi connectivity index (χ0) is 13.1. The van der Waals surface area contributed by atoms with Crippen molar-refractivity contribution in [2.75, 3.05) is 12.8 Å². The number of nitrogens with zero attached hydrogens (tertiary/aromatic N) is 2. The van der Waals surface area contributed by atoms with Gasteiger partial charge in [0.15, 0.2) is 5.82 Å². The Labute approximate surface area is 113 Å². The van der Waals surface area contributed by atoms with Gasteiger partial charge in [-0.2, -0.15) is 4.98 Å². The largest absolute Gasteiger partial charge is 0.489 e. The van der Waals surface area contributed by atoms with Crippen molar-refractivity contribution in [3.8, 4) is 17.4 Å². The Kier molecular flexibility index (Phi) is 3.74. The molecule has 18 heavy (non-hydrogen) atoms. The molecule has 1 aromatic carbocycles. The molecule has 0 aliphatic heterocycles. The van der Waals surface area contributed by atoms with Gasteiger partial charge < -0.3 is 15.2 Å². The summed E-state index contributed by atoms with van der Waals surface area (Å²) >= 11 is 11.7. The highest BCUT2D eigenvalue weighted by Gasteiger charge is 2.12. The number of hydrogen-bond acceptors (Lipinski definition) is 5. The van der Waals surface area contributed by atoms with E-state index in [1.54, 1.807) is 18.2 Å². The zero-order valence-corrected chi connectivity index (χ0v) is 10.9. The molecular formula is C11H9Cl2N3O2. The summed E-state index contributed by atoms with van der Waals surface area (Å²) in [6, 6.07) is 4.85. The molecule has 5 nitrogen and oxygen atoms in total. The summed E-state index contributed by atoms with van der Waals surface area (Å²) in [5.41, 5.74) is 5.64. The molecule has 0 amide bonds. The lowest BCUT2D eigenvalue weighted by Gasteiger charge is -2.10. The van der Waals surface area contributed by atoms with Gasteiger partial charge in [-0.1, -0.05) is 23.2 Å². The van der Waals surface area contributed by atoms with Crippen LogP contribution in [0.4, 0.5) is 5.82 Å². The summed E-state index contributed by atoms with van der Waals surface area (Å²) in [6.07, 6.45) is 1.28. The summed E-state index contributed by atoms with van der Waals surface area (Å²) in [4.78, 5) is 7.74. The Balaban J connectivity index is 2.34. The van der Waals surface area contributed by atoms with Gasteiger partial charge in [0.25, 0.3) is 5.88 Å². The predicted octanol–water partition coefficient (Wildman–Crippen LogP) is 3.17. The molecule has 0 radical (unpaired) electrons. The number of methoxy groups -OCH3 is 1. The van der Waals surface area contributed by atoms with Crippen LogP contribution in [0.15, 0.2) is 24.5 Å². The molecule has 0 aliphatic rings. The van der Waals surface area contributed by atoms with E-state index in [-0.39, 0.29) is 17.4 Å². The van der Waals surface area contributed by atoms with Gasteiger partial charge in [0.1, 0.15) is 12.1 Å². The van der Waals surface area contributed by atoms with Gasteiger partial charge in [-0.25, -0.2) is 4.98 Å². The minimum atomic E-state index is 0.197. The summed E-state index contributed by atoms with van der Waals surface area (Å²) in [6.45, 7) is 0. The average molecular weight is 286 g/mol. The Morgan fingerprint density at radius 2 is 1.94 bits per heavy atom. The number of aromatic nitrogens is 2. The van der Waals surface area contributed by atoms with Crippen molar-refractivity contribution in [1.82, 2.24) is 9.97 Å². The van der Waals surface area contributed by atoms with Crippen LogP contribution in [-0.2, 0) is 0 Å². The van der Waals surface area contributed by atoms with Gasteiger partial charge >= 0.3 is 0 Å². The van der Waals surface area contributed by atoms with Crippen LogP contribution in [0.25, 0.3) is 0 Å². The normalized spacial score (nSPS) is 10.2. The second kappa shape index (κ2) is 5.29. The zero-order valence-electron chi connectivity index (χ0n) is 9.35. The van der Waals surface area contributed by atoms with Crippen LogP contribution in [0.2, 0.25) is 10.0 Å². The van der Waals surface area contributed by atoms with Crippen molar-refractivity contribution in [2.24, 2.45) is 0 Å². The van der Waals surface area contributed by atoms with Crippen molar-refractivity contribution < 1.29 is 9.47 Å². The van der Waals surface area contributed by atoms with E-state index in [2.05, 4.69) is 9.97 Å². The lowest BCUT2D eigenvalue weighted by atomic mass is 10.3. The molecule has 0 saturated heterocycles. The van der Waals surface area contributed by atoms with E-state index >= 15 is 0 Å². The van der Waals surface area contributed by atoms with Gasteiger partial charge in [0, 0.05) is 6.07 Å². The number of ether oxygens (including phenoxy) is 2. The van der Waals surface area contributed by atoms with E-state index in [0.717, 1.165) is 0 Å². The van der Waals surface area contributed by atoms with E-state index in [1.165, 1.54) is 13.4 Å². The Morgan fingerprint density at radius 3 is 2.61 bits per heavy atom. The summed E-state index contributed by atoms with van der Waals surface area (Å²) in [5.74, 6) is 1.15. The molecule has 0 unspecified atom stereocenters. The third-order valence-corrected chi connectivity index (χ3v) is 2.85. The smallest absolute Gasteiger partial charge is 0.268 e. The van der Waals surface area contributed by atoms with Crippen LogP contribution in [0.3, 0.4) is 0 Å². The monoisotopic (exact) mass is 285 g/mol. The quantitative estimate of drug-likeness (QED) is 0.938. The van der Waals surface area contributed by atoms with Crippen LogP contribution in [0.5, 0.6) is 17.4 Å². The molecule has 0 bridgehead atoms. The highest BCUT2D eigenvalue weighted by Crippen LogP contribution is 2.34. The highest BCUT2D eigenvalue weighted by molar-refractivity contribution is 6.42. The molecule has 0 saturated carbocycles. The molecule has 0 fully saturated rings. The van der Waals surface area contributed by atoms with Gasteiger partial charge in [0.05, 0.1) is 17.2 Å². The summed E-state index contributed by atoms with van der Waals surface area (Å²) in [5, 5.41) is 0.827. The molecule has 1 aromatic heterocycles. The lowest BCUT2D eigenvalue weighted by Crippen LogP contribution is -2.00. The maximum Gasteiger partial charge on any atom is 0.268 e. The fourth-order valence-corrected chi connectivity index (χ4v) is 1.57. The van der Waals surface area contributed by atoms with E-state index in [9.17, 15) is 0 Å². The first-order valence-electron chi connectivity index (χ1n) is 4.89. The number of nitrogen functional groups attached to an aromatic ring is 1. The van der Waals surface area contributed by atoms with Gasteiger partial charge in [-0.3, -0.25) is 0 Å². The van der Waals surface area contributed by atoms with Crippen LogP contribution in [0, 0.1) is 0 Å². The van der Waals surface area contributed by atoms with Crippen LogP contribution >= 0.6 is 23.2 Å². The molecule has 2 N–H and O–H groups in total. The lowest BCUT2D eigenvalue weighted by molar-refractivity contribution is 0.369. The topological polar surface area (TPSA) is 70.3 Å². The number of hydrogen-bond donors (Lipinski definition) is 1. The fraction of sp³-hybridized carbons (Fsp3) is 0.0909. The molecular weight excluding hydrogens is 277 g/mol. The minimum absolute atomic E-state index is 0.197. The van der Waals surface area contributed by atoms with Gasteiger partial charge in [-0.05, 0) is 12.1 Å². The number of nitrogens with two attached hydrogens (primary N) is 1. The Bertz CT molecular complexity index is 578.